The molecule has 3 aliphatic rings. The fourth-order valence-electron chi connectivity index (χ4n) is 4.94. The topological polar surface area (TPSA) is 74.3 Å². The highest BCUT2D eigenvalue weighted by Gasteiger charge is 2.69. The van der Waals surface area contributed by atoms with Crippen LogP contribution in [0.4, 0.5) is 5.13 Å². The smallest absolute Gasteiger partial charge is 0.230 e. The minimum Gasteiger partial charge on any atom is -0.356 e. The fourth-order valence-corrected chi connectivity index (χ4v) is 6.04. The Morgan fingerprint density at radius 2 is 1.93 bits per heavy atom. The van der Waals surface area contributed by atoms with Gasteiger partial charge in [0.15, 0.2) is 5.13 Å². The molecule has 2 N–H and O–H groups in total. The lowest BCUT2D eigenvalue weighted by atomic mass is 9.81. The van der Waals surface area contributed by atoms with E-state index in [9.17, 15) is 9.59 Å². The van der Waals surface area contributed by atoms with E-state index in [2.05, 4.69) is 48.6 Å². The Balaban J connectivity index is 1.47. The molecule has 4 rings (SSSR count). The molecule has 1 heterocycles. The van der Waals surface area contributed by atoms with Crippen LogP contribution in [0.1, 0.15) is 19.3 Å². The summed E-state index contributed by atoms with van der Waals surface area (Å²) in [5.41, 5.74) is 0.150. The molecule has 146 valence electrons. The van der Waals surface area contributed by atoms with Crippen molar-refractivity contribution in [3.63, 3.8) is 0 Å². The van der Waals surface area contributed by atoms with Gasteiger partial charge in [-0.3, -0.25) is 9.59 Å². The van der Waals surface area contributed by atoms with E-state index in [4.69, 9.17) is 0 Å². The summed E-state index contributed by atoms with van der Waals surface area (Å²) < 4.78 is 0.875. The Kier molecular flexibility index (Phi) is 5.16. The molecule has 2 fully saturated rings. The van der Waals surface area contributed by atoms with Crippen LogP contribution in [0.3, 0.4) is 0 Å². The summed E-state index contributed by atoms with van der Waals surface area (Å²) in [4.78, 5) is 32.4. The zero-order chi connectivity index (χ0) is 19.2. The lowest BCUT2D eigenvalue weighted by molar-refractivity contribution is -0.132. The van der Waals surface area contributed by atoms with Gasteiger partial charge in [0.05, 0.1) is 21.8 Å². The van der Waals surface area contributed by atoms with E-state index >= 15 is 0 Å². The average molecular weight is 453 g/mol. The Labute approximate surface area is 171 Å². The average Bonchev–Trinajstić information content (AvgIpc) is 3.11. The van der Waals surface area contributed by atoms with E-state index in [1.807, 2.05) is 14.1 Å². The van der Waals surface area contributed by atoms with Gasteiger partial charge in [-0.05, 0) is 73.1 Å². The Morgan fingerprint density at radius 3 is 2.48 bits per heavy atom. The van der Waals surface area contributed by atoms with Gasteiger partial charge in [0.25, 0.3) is 0 Å². The zero-order valence-corrected chi connectivity index (χ0v) is 18.0. The van der Waals surface area contributed by atoms with E-state index < -0.39 is 0 Å². The first-order chi connectivity index (χ1) is 12.9. The number of halogens is 1. The van der Waals surface area contributed by atoms with E-state index in [-0.39, 0.29) is 40.9 Å². The summed E-state index contributed by atoms with van der Waals surface area (Å²) in [6.45, 7) is 1.58. The van der Waals surface area contributed by atoms with Gasteiger partial charge in [-0.2, -0.15) is 0 Å². The molecule has 2 amide bonds. The van der Waals surface area contributed by atoms with E-state index in [1.165, 1.54) is 11.3 Å². The quantitative estimate of drug-likeness (QED) is 0.492. The summed E-state index contributed by atoms with van der Waals surface area (Å²) in [6.07, 6.45) is 9.18. The number of nitrogens with zero attached hydrogens (tertiary/aromatic N) is 2. The highest BCUT2D eigenvalue weighted by atomic mass is 79.9. The normalized spacial score (nSPS) is 29.5. The van der Waals surface area contributed by atoms with Gasteiger partial charge in [0.2, 0.25) is 11.8 Å². The molecule has 3 aliphatic carbocycles. The third-order valence-corrected chi connectivity index (χ3v) is 7.63. The first-order valence-electron chi connectivity index (χ1n) is 9.45. The summed E-state index contributed by atoms with van der Waals surface area (Å²) in [5, 5.41) is 6.60. The minimum absolute atomic E-state index is 0.0253. The molecule has 1 aromatic rings. The van der Waals surface area contributed by atoms with Crippen molar-refractivity contribution in [2.24, 2.45) is 29.1 Å². The van der Waals surface area contributed by atoms with Crippen LogP contribution < -0.4 is 10.6 Å². The summed E-state index contributed by atoms with van der Waals surface area (Å²) in [5.74, 6) is -0.270. The van der Waals surface area contributed by atoms with Gasteiger partial charge in [-0.15, -0.1) is 0 Å². The zero-order valence-electron chi connectivity index (χ0n) is 15.6. The standard InChI is InChI=1S/C19H25BrN4O2S/c1-24(2)9-3-8-21-16(25)14-11-4-5-12(19(11)6-7-19)15(14)17(26)23-18-22-10-13(20)27-18/h4-5,10-12,14-15H,3,6-9H2,1-2H3,(H,21,25)(H,22,23,26)/t11-,12-,14-,15-/m1/s1. The number of hydrogen-bond donors (Lipinski definition) is 2. The SMILES string of the molecule is CN(C)CCCNC(=O)[C@H]1[C@H](C(=O)Nc2ncc(Br)s2)[C@H]2C=C[C@H]1C21CC1. The van der Waals surface area contributed by atoms with Crippen molar-refractivity contribution in [1.82, 2.24) is 15.2 Å². The van der Waals surface area contributed by atoms with Crippen molar-refractivity contribution >= 4 is 44.2 Å². The molecule has 0 aliphatic heterocycles. The monoisotopic (exact) mass is 452 g/mol. The Morgan fingerprint density at radius 1 is 1.26 bits per heavy atom. The number of aromatic nitrogens is 1. The van der Waals surface area contributed by atoms with Crippen LogP contribution in [-0.2, 0) is 9.59 Å². The summed E-state index contributed by atoms with van der Waals surface area (Å²) >= 11 is 4.76. The predicted octanol–water partition coefficient (Wildman–Crippen LogP) is 2.74. The van der Waals surface area contributed by atoms with Crippen LogP contribution in [0.15, 0.2) is 22.1 Å². The molecule has 0 aromatic carbocycles. The third-order valence-electron chi connectivity index (χ3n) is 6.24. The molecular formula is C19H25BrN4O2S. The molecule has 2 saturated carbocycles. The van der Waals surface area contributed by atoms with Crippen molar-refractivity contribution in [3.8, 4) is 0 Å². The van der Waals surface area contributed by atoms with Gasteiger partial charge >= 0.3 is 0 Å². The maximum Gasteiger partial charge on any atom is 0.230 e. The van der Waals surface area contributed by atoms with E-state index in [0.29, 0.717) is 11.7 Å². The number of carbonyl (C=O) groups is 2. The fraction of sp³-hybridized carbons (Fsp3) is 0.632. The maximum absolute atomic E-state index is 13.1. The van der Waals surface area contributed by atoms with Crippen LogP contribution in [0, 0.1) is 29.1 Å². The number of nitrogens with one attached hydrogen (secondary N) is 2. The van der Waals surface area contributed by atoms with Crippen LogP contribution in [-0.4, -0.2) is 48.9 Å². The molecule has 1 spiro atoms. The van der Waals surface area contributed by atoms with Crippen LogP contribution in [0.2, 0.25) is 0 Å². The molecular weight excluding hydrogens is 428 g/mol. The number of anilines is 1. The van der Waals surface area contributed by atoms with Gasteiger partial charge in [-0.1, -0.05) is 23.5 Å². The molecule has 1 aromatic heterocycles. The number of thiazole rings is 1. The van der Waals surface area contributed by atoms with Crippen molar-refractivity contribution in [3.05, 3.63) is 22.1 Å². The molecule has 0 radical (unpaired) electrons. The van der Waals surface area contributed by atoms with E-state index in [0.717, 1.165) is 29.6 Å². The van der Waals surface area contributed by atoms with Crippen molar-refractivity contribution in [2.75, 3.05) is 32.5 Å². The van der Waals surface area contributed by atoms with Crippen molar-refractivity contribution < 1.29 is 9.59 Å². The molecule has 8 heteroatoms. The summed E-state index contributed by atoms with van der Waals surface area (Å²) in [7, 11) is 4.05. The number of hydrogen-bond acceptors (Lipinski definition) is 5. The second kappa shape index (κ2) is 7.29. The maximum atomic E-state index is 13.1. The molecule has 27 heavy (non-hydrogen) atoms. The second-order valence-corrected chi connectivity index (χ2v) is 10.5. The number of amides is 2. The van der Waals surface area contributed by atoms with Gasteiger partial charge in [-0.25, -0.2) is 4.98 Å². The Bertz CT molecular complexity index is 774. The van der Waals surface area contributed by atoms with Gasteiger partial charge in [0, 0.05) is 6.54 Å². The minimum atomic E-state index is -0.306. The lowest BCUT2D eigenvalue weighted by Gasteiger charge is -2.26. The lowest BCUT2D eigenvalue weighted by Crippen LogP contribution is -2.42. The number of allylic oxidation sites excluding steroid dienone is 2. The van der Waals surface area contributed by atoms with Gasteiger partial charge < -0.3 is 15.5 Å². The second-order valence-electron chi connectivity index (χ2n) is 8.13. The van der Waals surface area contributed by atoms with Crippen LogP contribution in [0.5, 0.6) is 0 Å². The van der Waals surface area contributed by atoms with Crippen molar-refractivity contribution in [2.45, 2.75) is 19.3 Å². The highest BCUT2D eigenvalue weighted by molar-refractivity contribution is 9.11. The first kappa shape index (κ1) is 19.1. The first-order valence-corrected chi connectivity index (χ1v) is 11.1. The van der Waals surface area contributed by atoms with Gasteiger partial charge in [0.1, 0.15) is 0 Å². The van der Waals surface area contributed by atoms with E-state index in [1.54, 1.807) is 6.20 Å². The van der Waals surface area contributed by atoms with Crippen LogP contribution in [0.25, 0.3) is 0 Å². The van der Waals surface area contributed by atoms with Crippen LogP contribution >= 0.6 is 27.3 Å². The largest absolute Gasteiger partial charge is 0.356 e. The third kappa shape index (κ3) is 3.47. The molecule has 2 bridgehead atoms. The molecule has 4 atom stereocenters. The predicted molar refractivity (Wildman–Crippen MR) is 109 cm³/mol. The molecule has 0 unspecified atom stereocenters. The highest BCUT2D eigenvalue weighted by Crippen LogP contribution is 2.72. The number of carbonyl (C=O) groups excluding carboxylic acids is 2. The molecule has 0 saturated heterocycles. The summed E-state index contributed by atoms with van der Waals surface area (Å²) in [6, 6.07) is 0. The molecule has 6 nitrogen and oxygen atoms in total. The van der Waals surface area contributed by atoms with Crippen molar-refractivity contribution in [1.29, 1.82) is 0 Å². The number of rotatable bonds is 7. The Hall–Kier alpha value is -1.25.